The molecule has 0 unspecified atom stereocenters. The second-order valence-corrected chi connectivity index (χ2v) is 8.78. The Morgan fingerprint density at radius 2 is 1.69 bits per heavy atom. The van der Waals surface area contributed by atoms with E-state index in [4.69, 9.17) is 5.14 Å². The Balaban J connectivity index is 2.00. The summed E-state index contributed by atoms with van der Waals surface area (Å²) >= 11 is 0. The van der Waals surface area contributed by atoms with Crippen molar-refractivity contribution in [1.29, 1.82) is 0 Å². The number of nitrogens with one attached hydrogen (secondary N) is 1. The van der Waals surface area contributed by atoms with Crippen molar-refractivity contribution in [3.8, 4) is 0 Å². The first-order valence-corrected chi connectivity index (χ1v) is 11.0. The van der Waals surface area contributed by atoms with Gasteiger partial charge in [-0.3, -0.25) is 4.79 Å². The third-order valence-corrected chi connectivity index (χ3v) is 5.78. The monoisotopic (exact) mass is 478 g/mol. The molecule has 0 radical (unpaired) electrons. The van der Waals surface area contributed by atoms with Crippen LogP contribution in [-0.4, -0.2) is 38.6 Å². The van der Waals surface area contributed by atoms with Crippen LogP contribution in [0.25, 0.3) is 0 Å². The zero-order valence-corrected chi connectivity index (χ0v) is 17.3. The zero-order valence-electron chi connectivity index (χ0n) is 16.5. The normalized spacial score (nSPS) is 15.5. The van der Waals surface area contributed by atoms with Crippen LogP contribution in [0, 0.1) is 0 Å². The lowest BCUT2D eigenvalue weighted by Crippen LogP contribution is -2.37. The number of piperidine rings is 1. The van der Waals surface area contributed by atoms with Crippen molar-refractivity contribution < 1.29 is 35.2 Å². The van der Waals surface area contributed by atoms with Crippen molar-refractivity contribution in [2.45, 2.75) is 36.3 Å². The molecule has 13 heteroatoms. The number of primary sulfonamides is 1. The summed E-state index contributed by atoms with van der Waals surface area (Å²) in [6.07, 6.45) is -3.70. The average Bonchev–Trinajstić information content (AvgIpc) is 2.72. The molecule has 1 aromatic carbocycles. The van der Waals surface area contributed by atoms with Crippen molar-refractivity contribution in [1.82, 2.24) is 4.98 Å². The van der Waals surface area contributed by atoms with E-state index in [0.29, 0.717) is 32.0 Å². The Bertz CT molecular complexity index is 1120. The van der Waals surface area contributed by atoms with Crippen LogP contribution in [-0.2, 0) is 15.9 Å². The maximum Gasteiger partial charge on any atom is 0.459 e. The molecule has 3 N–H and O–H groups in total. The summed E-state index contributed by atoms with van der Waals surface area (Å²) in [5, 5.41) is 7.46. The number of sulfonamides is 1. The number of alkyl halides is 5. The molecular weight excluding hydrogens is 459 g/mol. The molecule has 3 rings (SSSR count). The van der Waals surface area contributed by atoms with Gasteiger partial charge in [0.05, 0.1) is 10.5 Å². The fourth-order valence-corrected chi connectivity index (χ4v) is 3.80. The van der Waals surface area contributed by atoms with E-state index in [1.807, 2.05) is 0 Å². The number of hydrogen-bond acceptors (Lipinski definition) is 5. The third-order valence-electron chi connectivity index (χ3n) is 4.87. The number of amides is 1. The number of pyridine rings is 1. The highest BCUT2D eigenvalue weighted by Gasteiger charge is 2.60. The summed E-state index contributed by atoms with van der Waals surface area (Å²) in [6.45, 7) is 0.657. The molecule has 0 spiro atoms. The highest BCUT2D eigenvalue weighted by molar-refractivity contribution is 7.89. The van der Waals surface area contributed by atoms with Gasteiger partial charge >= 0.3 is 12.1 Å². The van der Waals surface area contributed by atoms with Crippen molar-refractivity contribution in [2.75, 3.05) is 23.3 Å². The van der Waals surface area contributed by atoms with E-state index < -0.39 is 33.7 Å². The van der Waals surface area contributed by atoms with E-state index in [2.05, 4.69) is 10.3 Å². The first-order chi connectivity index (χ1) is 14.8. The molecular formula is C19H19F5N4O3S. The summed E-state index contributed by atoms with van der Waals surface area (Å²) in [7, 11) is -4.05. The maximum atomic E-state index is 13.9. The average molecular weight is 478 g/mol. The van der Waals surface area contributed by atoms with E-state index in [1.165, 1.54) is 23.1 Å². The number of hydrogen-bond donors (Lipinski definition) is 2. The molecule has 0 saturated carbocycles. The second-order valence-electron chi connectivity index (χ2n) is 7.21. The Hall–Kier alpha value is -2.80. The number of nitrogens with zero attached hydrogens (tertiary/aromatic N) is 2. The minimum Gasteiger partial charge on any atom is -0.356 e. The Morgan fingerprint density at radius 1 is 1.03 bits per heavy atom. The topological polar surface area (TPSA) is 105 Å². The summed E-state index contributed by atoms with van der Waals surface area (Å²) in [5.41, 5.74) is -1.70. The molecule has 1 aliphatic rings. The summed E-state index contributed by atoms with van der Waals surface area (Å²) in [6, 6.07) is 6.30. The lowest BCUT2D eigenvalue weighted by molar-refractivity contribution is -0.290. The molecule has 0 bridgehead atoms. The molecule has 0 aliphatic carbocycles. The lowest BCUT2D eigenvalue weighted by atomic mass is 10.1. The van der Waals surface area contributed by atoms with Crippen LogP contribution in [0.4, 0.5) is 33.5 Å². The van der Waals surface area contributed by atoms with Gasteiger partial charge in [0.25, 0.3) is 5.91 Å². The van der Waals surface area contributed by atoms with Gasteiger partial charge in [0.15, 0.2) is 0 Å². The van der Waals surface area contributed by atoms with Crippen molar-refractivity contribution in [3.63, 3.8) is 0 Å². The molecule has 1 aromatic heterocycles. The van der Waals surface area contributed by atoms with Gasteiger partial charge in [-0.2, -0.15) is 22.0 Å². The Morgan fingerprint density at radius 3 is 2.28 bits per heavy atom. The quantitative estimate of drug-likeness (QED) is 0.639. The molecule has 1 aliphatic heterocycles. The van der Waals surface area contributed by atoms with Gasteiger partial charge in [-0.25, -0.2) is 18.5 Å². The van der Waals surface area contributed by atoms with Crippen molar-refractivity contribution in [2.24, 2.45) is 5.14 Å². The molecule has 7 nitrogen and oxygen atoms in total. The number of benzene rings is 1. The van der Waals surface area contributed by atoms with Gasteiger partial charge in [-0.15, -0.1) is 0 Å². The molecule has 1 fully saturated rings. The largest absolute Gasteiger partial charge is 0.459 e. The minimum atomic E-state index is -5.85. The Kier molecular flexibility index (Phi) is 6.43. The van der Waals surface area contributed by atoms with Crippen molar-refractivity contribution >= 4 is 27.4 Å². The van der Waals surface area contributed by atoms with Gasteiger partial charge in [-0.05, 0) is 49.6 Å². The molecule has 2 aromatic rings. The number of halogens is 5. The number of carbonyl (C=O) groups excluding carboxylic acids is 1. The van der Waals surface area contributed by atoms with Crippen LogP contribution < -0.4 is 15.4 Å². The van der Waals surface area contributed by atoms with E-state index >= 15 is 0 Å². The predicted molar refractivity (Wildman–Crippen MR) is 106 cm³/mol. The predicted octanol–water partition coefficient (Wildman–Crippen LogP) is 3.63. The standard InChI is InChI=1S/C19H19F5N4O3S/c20-18(21,19(22,23)24)15-8-7-14(16(27-15)28-9-2-1-3-10-28)17(29)26-12-5-4-6-13(11-12)32(25,30)31/h4-8,11H,1-3,9-10H2,(H,26,29)(H2,25,30,31). The smallest absolute Gasteiger partial charge is 0.356 e. The number of rotatable bonds is 5. The van der Waals surface area contributed by atoms with Gasteiger partial charge in [0.2, 0.25) is 10.0 Å². The number of nitrogens with two attached hydrogens (primary N) is 1. The first-order valence-electron chi connectivity index (χ1n) is 9.46. The summed E-state index contributed by atoms with van der Waals surface area (Å²) in [5.74, 6) is -6.35. The van der Waals surface area contributed by atoms with Crippen LogP contribution in [0.1, 0.15) is 35.3 Å². The van der Waals surface area contributed by atoms with Crippen LogP contribution >= 0.6 is 0 Å². The van der Waals surface area contributed by atoms with Gasteiger partial charge in [0.1, 0.15) is 11.5 Å². The molecule has 1 saturated heterocycles. The molecule has 2 heterocycles. The van der Waals surface area contributed by atoms with Gasteiger partial charge in [-0.1, -0.05) is 6.07 Å². The highest BCUT2D eigenvalue weighted by atomic mass is 32.2. The van der Waals surface area contributed by atoms with Crippen LogP contribution in [0.2, 0.25) is 0 Å². The second kappa shape index (κ2) is 8.62. The van der Waals surface area contributed by atoms with Crippen LogP contribution in [0.5, 0.6) is 0 Å². The molecule has 32 heavy (non-hydrogen) atoms. The summed E-state index contributed by atoms with van der Waals surface area (Å²) < 4.78 is 89.2. The zero-order chi connectivity index (χ0) is 23.7. The molecule has 174 valence electrons. The lowest BCUT2D eigenvalue weighted by Gasteiger charge is -2.30. The summed E-state index contributed by atoms with van der Waals surface area (Å²) in [4.78, 5) is 17.6. The molecule has 1 amide bonds. The van der Waals surface area contributed by atoms with Crippen molar-refractivity contribution in [3.05, 3.63) is 47.7 Å². The first kappa shape index (κ1) is 23.9. The molecule has 0 atom stereocenters. The maximum absolute atomic E-state index is 13.9. The SMILES string of the molecule is NS(=O)(=O)c1cccc(NC(=O)c2ccc(C(F)(F)C(F)(F)F)nc2N2CCCCC2)c1. The van der Waals surface area contributed by atoms with Crippen LogP contribution in [0.3, 0.4) is 0 Å². The van der Waals surface area contributed by atoms with E-state index in [0.717, 1.165) is 18.6 Å². The fraction of sp³-hybridized carbons (Fsp3) is 0.368. The minimum absolute atomic E-state index is 0.0378. The number of anilines is 2. The van der Waals surface area contributed by atoms with Gasteiger partial charge in [0, 0.05) is 18.8 Å². The highest BCUT2D eigenvalue weighted by Crippen LogP contribution is 2.43. The number of carbonyl (C=O) groups is 1. The Labute approximate surface area is 180 Å². The van der Waals surface area contributed by atoms with E-state index in [1.54, 1.807) is 0 Å². The van der Waals surface area contributed by atoms with Gasteiger partial charge < -0.3 is 10.2 Å². The van der Waals surface area contributed by atoms with Crippen LogP contribution in [0.15, 0.2) is 41.3 Å². The number of aromatic nitrogens is 1. The fourth-order valence-electron chi connectivity index (χ4n) is 3.24. The van der Waals surface area contributed by atoms with E-state index in [-0.39, 0.29) is 22.0 Å². The third kappa shape index (κ3) is 4.99. The van der Waals surface area contributed by atoms with E-state index in [9.17, 15) is 35.2 Å².